The van der Waals surface area contributed by atoms with Crippen LogP contribution in [0.5, 0.6) is 5.75 Å². The van der Waals surface area contributed by atoms with E-state index in [-0.39, 0.29) is 29.3 Å². The standard InChI is InChI=1S/C20H21ClFN3O3S/c21-15-7-6-14(10-16(15)22)28-11-18(26)25-20(29)9-8-17(23-12-20)19(27)24-13-4-2-1-3-5-13/h1-7,10,17,23,29H,8-9,11-12H2,(H,24,27)(H,25,26)/t17-,20-/m1/s1. The summed E-state index contributed by atoms with van der Waals surface area (Å²) in [7, 11) is 0. The largest absolute Gasteiger partial charge is 0.484 e. The van der Waals surface area contributed by atoms with Crippen molar-refractivity contribution >= 4 is 41.7 Å². The van der Waals surface area contributed by atoms with Crippen LogP contribution in [0.1, 0.15) is 12.8 Å². The number of carbonyl (C=O) groups is 2. The summed E-state index contributed by atoms with van der Waals surface area (Å²) < 4.78 is 18.7. The topological polar surface area (TPSA) is 79.5 Å². The molecule has 2 aromatic carbocycles. The molecule has 0 spiro atoms. The molecule has 29 heavy (non-hydrogen) atoms. The molecule has 0 saturated carbocycles. The maximum absolute atomic E-state index is 13.4. The number of rotatable bonds is 6. The Hall–Kier alpha value is -2.29. The Bertz CT molecular complexity index is 877. The first-order valence-electron chi connectivity index (χ1n) is 9.05. The summed E-state index contributed by atoms with van der Waals surface area (Å²) in [4.78, 5) is 23.7. The van der Waals surface area contributed by atoms with Crippen LogP contribution >= 0.6 is 24.2 Å². The molecule has 1 fully saturated rings. The van der Waals surface area contributed by atoms with Crippen LogP contribution < -0.4 is 20.7 Å². The lowest BCUT2D eigenvalue weighted by molar-refractivity contribution is -0.124. The molecule has 2 amide bonds. The van der Waals surface area contributed by atoms with Crippen molar-refractivity contribution in [3.05, 3.63) is 59.4 Å². The van der Waals surface area contributed by atoms with E-state index in [0.29, 0.717) is 19.4 Å². The van der Waals surface area contributed by atoms with E-state index in [1.54, 1.807) is 0 Å². The summed E-state index contributed by atoms with van der Waals surface area (Å²) in [6, 6.07) is 12.8. The molecule has 6 nitrogen and oxygen atoms in total. The highest BCUT2D eigenvalue weighted by atomic mass is 35.5. The Labute approximate surface area is 178 Å². The molecule has 2 aromatic rings. The van der Waals surface area contributed by atoms with E-state index in [2.05, 4.69) is 28.6 Å². The normalized spacial score (nSPS) is 21.3. The summed E-state index contributed by atoms with van der Waals surface area (Å²) in [6.45, 7) is 0.0194. The van der Waals surface area contributed by atoms with Crippen molar-refractivity contribution in [2.24, 2.45) is 0 Å². The van der Waals surface area contributed by atoms with E-state index in [4.69, 9.17) is 16.3 Å². The SMILES string of the molecule is O=C(COc1ccc(Cl)c(F)c1)N[C@@]1(S)CC[C@H](C(=O)Nc2ccccc2)NC1. The van der Waals surface area contributed by atoms with Crippen LogP contribution in [0, 0.1) is 5.82 Å². The molecule has 154 valence electrons. The first-order valence-corrected chi connectivity index (χ1v) is 9.88. The number of halogens is 2. The second-order valence-corrected chi connectivity index (χ2v) is 8.04. The van der Waals surface area contributed by atoms with Crippen LogP contribution in [0.15, 0.2) is 48.5 Å². The third-order valence-electron chi connectivity index (χ3n) is 4.48. The predicted octanol–water partition coefficient (Wildman–Crippen LogP) is 2.99. The Balaban J connectivity index is 1.45. The van der Waals surface area contributed by atoms with E-state index < -0.39 is 16.6 Å². The molecule has 0 unspecified atom stereocenters. The average Bonchev–Trinajstić information content (AvgIpc) is 2.70. The average molecular weight is 438 g/mol. The summed E-state index contributed by atoms with van der Waals surface area (Å²) in [6.07, 6.45) is 1.00. The minimum Gasteiger partial charge on any atom is -0.484 e. The van der Waals surface area contributed by atoms with Crippen LogP contribution in [0.4, 0.5) is 10.1 Å². The van der Waals surface area contributed by atoms with Gasteiger partial charge in [-0.25, -0.2) is 4.39 Å². The van der Waals surface area contributed by atoms with Crippen molar-refractivity contribution < 1.29 is 18.7 Å². The zero-order valence-electron chi connectivity index (χ0n) is 15.5. The fourth-order valence-corrected chi connectivity index (χ4v) is 3.42. The molecule has 1 aliphatic heterocycles. The van der Waals surface area contributed by atoms with E-state index in [1.165, 1.54) is 12.1 Å². The van der Waals surface area contributed by atoms with Gasteiger partial charge in [-0.2, -0.15) is 12.6 Å². The minimum atomic E-state index is -0.810. The highest BCUT2D eigenvalue weighted by molar-refractivity contribution is 7.81. The number of ether oxygens (including phenoxy) is 1. The number of thiol groups is 1. The second kappa shape index (κ2) is 9.47. The van der Waals surface area contributed by atoms with Crippen molar-refractivity contribution in [2.75, 3.05) is 18.5 Å². The van der Waals surface area contributed by atoms with Crippen LogP contribution in [0.2, 0.25) is 5.02 Å². The fraction of sp³-hybridized carbons (Fsp3) is 0.300. The van der Waals surface area contributed by atoms with E-state index in [0.717, 1.165) is 11.8 Å². The maximum atomic E-state index is 13.4. The molecule has 2 atom stereocenters. The Morgan fingerprint density at radius 1 is 1.28 bits per heavy atom. The Kier molecular flexibility index (Phi) is 7.00. The predicted molar refractivity (Wildman–Crippen MR) is 113 cm³/mol. The van der Waals surface area contributed by atoms with Crippen molar-refractivity contribution in [1.82, 2.24) is 10.6 Å². The molecular weight excluding hydrogens is 417 g/mol. The minimum absolute atomic E-state index is 0.0183. The van der Waals surface area contributed by atoms with Gasteiger partial charge in [-0.05, 0) is 37.1 Å². The lowest BCUT2D eigenvalue weighted by Gasteiger charge is -2.37. The van der Waals surface area contributed by atoms with Gasteiger partial charge in [0.25, 0.3) is 5.91 Å². The van der Waals surface area contributed by atoms with Gasteiger partial charge in [-0.3, -0.25) is 9.59 Å². The van der Waals surface area contributed by atoms with Gasteiger partial charge in [0, 0.05) is 18.3 Å². The van der Waals surface area contributed by atoms with Crippen LogP contribution in [-0.4, -0.2) is 35.9 Å². The molecule has 1 heterocycles. The van der Waals surface area contributed by atoms with Crippen LogP contribution in [0.3, 0.4) is 0 Å². The van der Waals surface area contributed by atoms with E-state index >= 15 is 0 Å². The maximum Gasteiger partial charge on any atom is 0.259 e. The van der Waals surface area contributed by atoms with E-state index in [1.807, 2.05) is 30.3 Å². The summed E-state index contributed by atoms with van der Waals surface area (Å²) in [5, 5.41) is 8.74. The molecule has 1 saturated heterocycles. The summed E-state index contributed by atoms with van der Waals surface area (Å²) in [5.41, 5.74) is 0.728. The number of para-hydroxylation sites is 1. The van der Waals surface area contributed by atoms with Crippen molar-refractivity contribution in [3.8, 4) is 5.75 Å². The van der Waals surface area contributed by atoms with E-state index in [9.17, 15) is 14.0 Å². The molecule has 0 aromatic heterocycles. The highest BCUT2D eigenvalue weighted by Gasteiger charge is 2.35. The Morgan fingerprint density at radius 3 is 2.69 bits per heavy atom. The third-order valence-corrected chi connectivity index (χ3v) is 5.28. The van der Waals surface area contributed by atoms with Gasteiger partial charge in [0.2, 0.25) is 5.91 Å². The smallest absolute Gasteiger partial charge is 0.259 e. The molecule has 3 N–H and O–H groups in total. The number of hydrogen-bond acceptors (Lipinski definition) is 5. The van der Waals surface area contributed by atoms with Gasteiger partial charge >= 0.3 is 0 Å². The molecule has 0 aliphatic carbocycles. The van der Waals surface area contributed by atoms with Gasteiger partial charge in [0.15, 0.2) is 6.61 Å². The van der Waals surface area contributed by atoms with Gasteiger partial charge in [-0.15, -0.1) is 0 Å². The fourth-order valence-electron chi connectivity index (χ4n) is 2.96. The number of carbonyl (C=O) groups excluding carboxylic acids is 2. The monoisotopic (exact) mass is 437 g/mol. The first kappa shape index (κ1) is 21.4. The molecule has 0 bridgehead atoms. The molecule has 9 heteroatoms. The van der Waals surface area contributed by atoms with Gasteiger partial charge < -0.3 is 20.7 Å². The van der Waals surface area contributed by atoms with Gasteiger partial charge in [0.05, 0.1) is 15.9 Å². The number of anilines is 1. The lowest BCUT2D eigenvalue weighted by Crippen LogP contribution is -2.59. The van der Waals surface area contributed by atoms with Crippen LogP contribution in [0.25, 0.3) is 0 Å². The van der Waals surface area contributed by atoms with Gasteiger partial charge in [0.1, 0.15) is 11.6 Å². The molecule has 1 aliphatic rings. The molecule has 0 radical (unpaired) electrons. The van der Waals surface area contributed by atoms with Crippen LogP contribution in [-0.2, 0) is 9.59 Å². The summed E-state index contributed by atoms with van der Waals surface area (Å²) >= 11 is 10.2. The summed E-state index contributed by atoms with van der Waals surface area (Å²) in [5.74, 6) is -0.948. The number of nitrogens with one attached hydrogen (secondary N) is 3. The number of piperidine rings is 1. The third kappa shape index (κ3) is 6.09. The zero-order valence-corrected chi connectivity index (χ0v) is 17.1. The number of benzene rings is 2. The van der Waals surface area contributed by atoms with Crippen molar-refractivity contribution in [3.63, 3.8) is 0 Å². The highest BCUT2D eigenvalue weighted by Crippen LogP contribution is 2.24. The lowest BCUT2D eigenvalue weighted by atomic mass is 9.99. The second-order valence-electron chi connectivity index (χ2n) is 6.77. The zero-order chi connectivity index (χ0) is 20.9. The van der Waals surface area contributed by atoms with Gasteiger partial charge in [-0.1, -0.05) is 29.8 Å². The van der Waals surface area contributed by atoms with Crippen molar-refractivity contribution in [1.29, 1.82) is 0 Å². The first-order chi connectivity index (χ1) is 13.8. The number of amides is 2. The molecular formula is C20H21ClFN3O3S. The molecule has 3 rings (SSSR count). The quantitative estimate of drug-likeness (QED) is 0.414. The van der Waals surface area contributed by atoms with Crippen molar-refractivity contribution in [2.45, 2.75) is 23.8 Å². The number of hydrogen-bond donors (Lipinski definition) is 4. The Morgan fingerprint density at radius 2 is 2.03 bits per heavy atom.